The number of aryl methyl sites for hydroxylation is 1. The lowest BCUT2D eigenvalue weighted by molar-refractivity contribution is -0.144. The number of carboxylic acid groups (broad SMARTS) is 1. The summed E-state index contributed by atoms with van der Waals surface area (Å²) in [7, 11) is 1.85. The number of alkyl halides is 1. The first-order valence-corrected chi connectivity index (χ1v) is 18.3. The van der Waals surface area contributed by atoms with Gasteiger partial charge in [-0.05, 0) is 69.7 Å². The van der Waals surface area contributed by atoms with Crippen LogP contribution in [0.15, 0.2) is 42.6 Å². The highest BCUT2D eigenvalue weighted by molar-refractivity contribution is 6.34. The minimum absolute atomic E-state index is 0.0582. The van der Waals surface area contributed by atoms with Crippen molar-refractivity contribution in [3.63, 3.8) is 0 Å². The summed E-state index contributed by atoms with van der Waals surface area (Å²) in [5, 5.41) is 13.0. The fourth-order valence-electron chi connectivity index (χ4n) is 8.37. The van der Waals surface area contributed by atoms with Crippen LogP contribution < -0.4 is 5.32 Å². The molecule has 276 valence electrons. The molecule has 0 bridgehead atoms. The van der Waals surface area contributed by atoms with E-state index in [-0.39, 0.29) is 64.8 Å². The molecule has 51 heavy (non-hydrogen) atoms. The van der Waals surface area contributed by atoms with Crippen LogP contribution in [0.5, 0.6) is 0 Å². The maximum Gasteiger partial charge on any atom is 0.306 e. The zero-order valence-electron chi connectivity index (χ0n) is 29.5. The molecule has 0 spiro atoms. The van der Waals surface area contributed by atoms with Gasteiger partial charge in [-0.3, -0.25) is 24.2 Å². The Balaban J connectivity index is 1.15. The number of rotatable bonds is 11. The van der Waals surface area contributed by atoms with Gasteiger partial charge in [0.1, 0.15) is 12.5 Å². The van der Waals surface area contributed by atoms with E-state index >= 15 is 4.39 Å². The number of hydrogen-bond acceptors (Lipinski definition) is 6. The molecule has 2 aromatic carbocycles. The van der Waals surface area contributed by atoms with E-state index in [4.69, 9.17) is 16.3 Å². The summed E-state index contributed by atoms with van der Waals surface area (Å²) in [5.74, 6) is -2.44. The Morgan fingerprint density at radius 3 is 2.43 bits per heavy atom. The molecule has 3 fully saturated rings. The molecule has 3 heterocycles. The first-order valence-electron chi connectivity index (χ1n) is 18.0. The van der Waals surface area contributed by atoms with Gasteiger partial charge in [0, 0.05) is 68.5 Å². The number of aromatic nitrogens is 1. The molecule has 2 N–H and O–H groups in total. The molecule has 1 saturated carbocycles. The van der Waals surface area contributed by atoms with Crippen molar-refractivity contribution in [3.05, 3.63) is 64.6 Å². The maximum absolute atomic E-state index is 15.6. The lowest BCUT2D eigenvalue weighted by Gasteiger charge is -2.46. The van der Waals surface area contributed by atoms with Gasteiger partial charge in [-0.15, -0.1) is 0 Å². The summed E-state index contributed by atoms with van der Waals surface area (Å²) >= 11 is 6.58. The van der Waals surface area contributed by atoms with Crippen LogP contribution in [0.25, 0.3) is 10.9 Å². The topological polar surface area (TPSA) is 107 Å². The van der Waals surface area contributed by atoms with Crippen LogP contribution in [0.2, 0.25) is 5.02 Å². The molecule has 3 aliphatic rings. The Kier molecular flexibility index (Phi) is 11.6. The number of halogens is 3. The normalized spacial score (nSPS) is 26.1. The van der Waals surface area contributed by atoms with Gasteiger partial charge in [-0.2, -0.15) is 0 Å². The average molecular weight is 728 g/mol. The molecule has 10 nitrogen and oxygen atoms in total. The molecule has 1 aromatic heterocycles. The van der Waals surface area contributed by atoms with Crippen LogP contribution in [0, 0.1) is 11.7 Å². The number of nitrogens with zero attached hydrogens (tertiary/aromatic N) is 4. The number of likely N-dealkylation sites (tertiary alicyclic amines) is 1. The van der Waals surface area contributed by atoms with Crippen molar-refractivity contribution in [2.24, 2.45) is 13.0 Å². The first kappa shape index (κ1) is 37.2. The molecule has 2 saturated heterocycles. The van der Waals surface area contributed by atoms with Crippen LogP contribution in [0.4, 0.5) is 14.5 Å². The minimum Gasteiger partial charge on any atom is -0.481 e. The molecule has 6 rings (SSSR count). The van der Waals surface area contributed by atoms with Crippen molar-refractivity contribution in [2.75, 3.05) is 44.8 Å². The standard InChI is InChI=1S/C38H48ClF2N5O5/c1-23-18-44(19-24(2)45(23)13-12-40)27-16-28(22-51-29-10-8-25(9-11-29)38(49)50)46(20-27)36(47)15-26-14-32(39)34(17-33(26)41)42-37(48)31-21-43(3)35-7-5-4-6-30(31)35/h4-7,14,17,21,23-25,27-29H,8-13,15-16,18-20,22H2,1-3H3,(H,42,48)(H,49,50)/t23-,24+,25?,27-,28-,29?/m0/s1. The molecule has 3 aromatic rings. The average Bonchev–Trinajstić information content (AvgIpc) is 3.69. The lowest BCUT2D eigenvalue weighted by Crippen LogP contribution is -2.59. The van der Waals surface area contributed by atoms with Gasteiger partial charge in [-0.25, -0.2) is 8.78 Å². The summed E-state index contributed by atoms with van der Waals surface area (Å²) in [5.41, 5.74) is 1.56. The highest BCUT2D eigenvalue weighted by atomic mass is 35.5. The van der Waals surface area contributed by atoms with E-state index in [0.29, 0.717) is 57.4 Å². The fraction of sp³-hybridized carbons (Fsp3) is 0.553. The lowest BCUT2D eigenvalue weighted by atomic mass is 9.87. The van der Waals surface area contributed by atoms with Gasteiger partial charge in [0.15, 0.2) is 0 Å². The number of aliphatic carboxylic acids is 1. The number of carboxylic acids is 1. The third kappa shape index (κ3) is 8.24. The van der Waals surface area contributed by atoms with Crippen molar-refractivity contribution in [2.45, 2.75) is 82.6 Å². The van der Waals surface area contributed by atoms with Crippen LogP contribution in [0.3, 0.4) is 0 Å². The number of carbonyl (C=O) groups is 3. The van der Waals surface area contributed by atoms with Crippen molar-refractivity contribution < 1.29 is 33.0 Å². The molecule has 4 atom stereocenters. The van der Waals surface area contributed by atoms with Crippen LogP contribution in [-0.4, -0.2) is 112 Å². The van der Waals surface area contributed by atoms with E-state index in [1.165, 1.54) is 6.07 Å². The van der Waals surface area contributed by atoms with E-state index in [1.807, 2.05) is 35.9 Å². The van der Waals surface area contributed by atoms with Crippen molar-refractivity contribution in [1.82, 2.24) is 19.3 Å². The zero-order chi connectivity index (χ0) is 36.4. The number of hydrogen-bond donors (Lipinski definition) is 2. The summed E-state index contributed by atoms with van der Waals surface area (Å²) in [6.07, 6.45) is 4.54. The highest BCUT2D eigenvalue weighted by Gasteiger charge is 2.42. The second kappa shape index (κ2) is 16.0. The first-order chi connectivity index (χ1) is 24.4. The fourth-order valence-corrected chi connectivity index (χ4v) is 8.61. The van der Waals surface area contributed by atoms with Crippen molar-refractivity contribution in [3.8, 4) is 0 Å². The van der Waals surface area contributed by atoms with E-state index in [1.54, 1.807) is 11.1 Å². The molecule has 0 unspecified atom stereocenters. The van der Waals surface area contributed by atoms with Crippen LogP contribution >= 0.6 is 11.6 Å². The number of fused-ring (bicyclic) bond motifs is 1. The highest BCUT2D eigenvalue weighted by Crippen LogP contribution is 2.32. The van der Waals surface area contributed by atoms with Crippen LogP contribution in [0.1, 0.15) is 61.9 Å². The molecule has 13 heteroatoms. The van der Waals surface area contributed by atoms with E-state index in [2.05, 4.69) is 29.0 Å². The Morgan fingerprint density at radius 1 is 1.04 bits per heavy atom. The van der Waals surface area contributed by atoms with Gasteiger partial charge in [0.2, 0.25) is 5.91 Å². The predicted octanol–water partition coefficient (Wildman–Crippen LogP) is 5.76. The van der Waals surface area contributed by atoms with Gasteiger partial charge in [0.05, 0.1) is 47.4 Å². The summed E-state index contributed by atoms with van der Waals surface area (Å²) in [6, 6.07) is 10.2. The Bertz CT molecular complexity index is 1730. The largest absolute Gasteiger partial charge is 0.481 e. The third-order valence-electron chi connectivity index (χ3n) is 11.1. The Morgan fingerprint density at radius 2 is 1.75 bits per heavy atom. The summed E-state index contributed by atoms with van der Waals surface area (Å²) in [6.45, 7) is 6.46. The second-order valence-electron chi connectivity index (χ2n) is 14.5. The van der Waals surface area contributed by atoms with Crippen molar-refractivity contribution >= 4 is 46.0 Å². The second-order valence-corrected chi connectivity index (χ2v) is 14.9. The number of carbonyl (C=O) groups excluding carboxylic acids is 2. The number of piperazine rings is 1. The quantitative estimate of drug-likeness (QED) is 0.259. The Hall–Kier alpha value is -3.58. The molecule has 2 aliphatic heterocycles. The van der Waals surface area contributed by atoms with Gasteiger partial charge in [-0.1, -0.05) is 29.8 Å². The van der Waals surface area contributed by atoms with Gasteiger partial charge >= 0.3 is 5.97 Å². The number of ether oxygens (including phenoxy) is 1. The molecular formula is C38H48ClF2N5O5. The van der Waals surface area contributed by atoms with E-state index in [9.17, 15) is 23.9 Å². The number of amides is 2. The number of anilines is 1. The van der Waals surface area contributed by atoms with Crippen molar-refractivity contribution in [1.29, 1.82) is 0 Å². The zero-order valence-corrected chi connectivity index (χ0v) is 30.2. The molecule has 1 aliphatic carbocycles. The number of benzene rings is 2. The summed E-state index contributed by atoms with van der Waals surface area (Å²) in [4.78, 5) is 45.0. The van der Waals surface area contributed by atoms with E-state index in [0.717, 1.165) is 30.1 Å². The number of para-hydroxylation sites is 1. The molecule has 2 amide bonds. The smallest absolute Gasteiger partial charge is 0.306 e. The van der Waals surface area contributed by atoms with Crippen LogP contribution in [-0.2, 0) is 27.8 Å². The maximum atomic E-state index is 15.6. The minimum atomic E-state index is -0.772. The number of nitrogens with one attached hydrogen (secondary N) is 1. The monoisotopic (exact) mass is 727 g/mol. The molecular weight excluding hydrogens is 680 g/mol. The van der Waals surface area contributed by atoms with E-state index < -0.39 is 24.4 Å². The molecule has 0 radical (unpaired) electrons. The predicted molar refractivity (Wildman–Crippen MR) is 192 cm³/mol. The van der Waals surface area contributed by atoms with Gasteiger partial charge < -0.3 is 24.6 Å². The Labute approximate surface area is 302 Å². The summed E-state index contributed by atoms with van der Waals surface area (Å²) < 4.78 is 37.0. The van der Waals surface area contributed by atoms with Gasteiger partial charge in [0.25, 0.3) is 5.91 Å². The third-order valence-corrected chi connectivity index (χ3v) is 11.4. The SMILES string of the molecule is C[C@@H]1CN([C@H]2C[C@@H](COC3CCC(C(=O)O)CC3)N(C(=O)Cc3cc(Cl)c(NC(=O)c4cn(C)c5ccccc45)cc3F)C2)C[C@H](C)N1CCF.